The molecule has 0 heterocycles. The summed E-state index contributed by atoms with van der Waals surface area (Å²) in [5, 5.41) is 4.88. The first kappa shape index (κ1) is 25.9. The number of alkyl halides is 5. The molecule has 0 radical (unpaired) electrons. The lowest BCUT2D eigenvalue weighted by molar-refractivity contribution is -0.153. The monoisotopic (exact) mass is 544 g/mol. The van der Waals surface area contributed by atoms with Gasteiger partial charge in [-0.3, -0.25) is 9.59 Å². The SMILES string of the molecule is Cc1cc(C2C(C(=O)Nc3ccc(Cl)c(CNC(=O)CC(F)(F)F)c3)C2(Cl)Cl)cc(F)c1Cl. The van der Waals surface area contributed by atoms with Crippen molar-refractivity contribution in [3.63, 3.8) is 0 Å². The van der Waals surface area contributed by atoms with Crippen LogP contribution in [0.25, 0.3) is 0 Å². The van der Waals surface area contributed by atoms with Crippen molar-refractivity contribution in [1.29, 1.82) is 0 Å². The van der Waals surface area contributed by atoms with Crippen molar-refractivity contribution < 1.29 is 27.2 Å². The molecule has 0 bridgehead atoms. The second-order valence-corrected chi connectivity index (χ2v) is 9.86. The van der Waals surface area contributed by atoms with Crippen molar-refractivity contribution >= 4 is 63.9 Å². The Bertz CT molecular complexity index is 1090. The number of aryl methyl sites for hydroxylation is 1. The normalized spacial score (nSPS) is 19.2. The fourth-order valence-electron chi connectivity index (χ4n) is 3.45. The van der Waals surface area contributed by atoms with E-state index < -0.39 is 46.4 Å². The molecule has 0 spiro atoms. The number of carbonyl (C=O) groups excluding carboxylic acids is 2. The van der Waals surface area contributed by atoms with Gasteiger partial charge in [0.2, 0.25) is 11.8 Å². The van der Waals surface area contributed by atoms with Gasteiger partial charge in [0.1, 0.15) is 16.6 Å². The van der Waals surface area contributed by atoms with E-state index in [4.69, 9.17) is 46.4 Å². The van der Waals surface area contributed by atoms with Gasteiger partial charge in [-0.25, -0.2) is 4.39 Å². The van der Waals surface area contributed by atoms with Crippen LogP contribution in [-0.4, -0.2) is 22.3 Å². The second-order valence-electron chi connectivity index (χ2n) is 7.63. The standard InChI is InChI=1S/C21H16Cl4F4N2O2/c1-9-4-10(6-14(26)18(9)23)16-17(21(16,24)25)19(33)31-12-2-3-13(22)11(5-12)8-30-15(32)7-20(27,28)29/h2-6,16-17H,7-8H2,1H3,(H,30,32)(H,31,33). The third-order valence-corrected chi connectivity index (χ3v) is 6.87. The van der Waals surface area contributed by atoms with Gasteiger partial charge in [0.25, 0.3) is 0 Å². The average molecular weight is 546 g/mol. The fraction of sp³-hybridized carbons (Fsp3) is 0.333. The van der Waals surface area contributed by atoms with Crippen molar-refractivity contribution in [2.24, 2.45) is 5.92 Å². The molecule has 2 aromatic carbocycles. The first-order valence-electron chi connectivity index (χ1n) is 9.47. The molecule has 1 aliphatic carbocycles. The lowest BCUT2D eigenvalue weighted by Gasteiger charge is -2.11. The number of anilines is 1. The summed E-state index contributed by atoms with van der Waals surface area (Å²) >= 11 is 24.5. The highest BCUT2D eigenvalue weighted by molar-refractivity contribution is 6.53. The Morgan fingerprint density at radius 2 is 1.79 bits per heavy atom. The molecule has 0 saturated heterocycles. The first-order valence-corrected chi connectivity index (χ1v) is 11.0. The Hall–Kier alpha value is -1.74. The maximum atomic E-state index is 14.0. The summed E-state index contributed by atoms with van der Waals surface area (Å²) < 4.78 is 49.5. The van der Waals surface area contributed by atoms with Crippen LogP contribution < -0.4 is 10.6 Å². The Morgan fingerprint density at radius 3 is 2.39 bits per heavy atom. The molecule has 3 rings (SSSR count). The first-order chi connectivity index (χ1) is 15.2. The zero-order chi connectivity index (χ0) is 24.7. The third kappa shape index (κ3) is 6.04. The zero-order valence-electron chi connectivity index (χ0n) is 16.8. The summed E-state index contributed by atoms with van der Waals surface area (Å²) in [6, 6.07) is 7.07. The smallest absolute Gasteiger partial charge is 0.352 e. The number of halogens is 8. The Labute approximate surface area is 206 Å². The molecule has 1 saturated carbocycles. The van der Waals surface area contributed by atoms with E-state index in [2.05, 4.69) is 10.6 Å². The summed E-state index contributed by atoms with van der Waals surface area (Å²) in [5.41, 5.74) is 1.44. The van der Waals surface area contributed by atoms with Crippen LogP contribution in [0.2, 0.25) is 10.0 Å². The van der Waals surface area contributed by atoms with Crippen LogP contribution in [-0.2, 0) is 16.1 Å². The van der Waals surface area contributed by atoms with Gasteiger partial charge in [-0.15, -0.1) is 23.2 Å². The molecular formula is C21H16Cl4F4N2O2. The Morgan fingerprint density at radius 1 is 1.12 bits per heavy atom. The number of benzene rings is 2. The number of hydrogen-bond donors (Lipinski definition) is 2. The lowest BCUT2D eigenvalue weighted by atomic mass is 10.1. The highest BCUT2D eigenvalue weighted by Gasteiger charge is 2.67. The summed E-state index contributed by atoms with van der Waals surface area (Å²) in [6.07, 6.45) is -6.26. The van der Waals surface area contributed by atoms with Gasteiger partial charge < -0.3 is 10.6 Å². The van der Waals surface area contributed by atoms with Crippen molar-refractivity contribution in [2.75, 3.05) is 5.32 Å². The Balaban J connectivity index is 1.70. The van der Waals surface area contributed by atoms with Crippen LogP contribution in [0.1, 0.15) is 29.0 Å². The van der Waals surface area contributed by atoms with E-state index in [9.17, 15) is 27.2 Å². The Kier molecular flexibility index (Phi) is 7.44. The fourth-order valence-corrected chi connectivity index (χ4v) is 4.57. The van der Waals surface area contributed by atoms with Crippen LogP contribution in [0, 0.1) is 18.7 Å². The predicted molar refractivity (Wildman–Crippen MR) is 119 cm³/mol. The summed E-state index contributed by atoms with van der Waals surface area (Å²) in [4.78, 5) is 24.2. The van der Waals surface area contributed by atoms with Crippen molar-refractivity contribution in [2.45, 2.75) is 36.3 Å². The summed E-state index contributed by atoms with van der Waals surface area (Å²) in [7, 11) is 0. The molecule has 0 aliphatic heterocycles. The number of hydrogen-bond acceptors (Lipinski definition) is 2. The van der Waals surface area contributed by atoms with E-state index in [-0.39, 0.29) is 27.8 Å². The van der Waals surface area contributed by atoms with Crippen LogP contribution in [0.15, 0.2) is 30.3 Å². The van der Waals surface area contributed by atoms with Gasteiger partial charge in [-0.2, -0.15) is 13.2 Å². The minimum Gasteiger partial charge on any atom is -0.352 e. The van der Waals surface area contributed by atoms with Gasteiger partial charge in [0.15, 0.2) is 0 Å². The number of rotatable bonds is 6. The molecule has 1 fully saturated rings. The van der Waals surface area contributed by atoms with Crippen LogP contribution in [0.4, 0.5) is 23.2 Å². The summed E-state index contributed by atoms with van der Waals surface area (Å²) in [5.74, 6) is -4.00. The van der Waals surface area contributed by atoms with Crippen molar-refractivity contribution in [1.82, 2.24) is 5.32 Å². The van der Waals surface area contributed by atoms with E-state index in [0.717, 1.165) is 0 Å². The predicted octanol–water partition coefficient (Wildman–Crippen LogP) is 6.54. The van der Waals surface area contributed by atoms with Crippen LogP contribution >= 0.6 is 46.4 Å². The van der Waals surface area contributed by atoms with E-state index in [1.54, 1.807) is 13.0 Å². The van der Waals surface area contributed by atoms with Crippen molar-refractivity contribution in [3.8, 4) is 0 Å². The molecule has 2 unspecified atom stereocenters. The van der Waals surface area contributed by atoms with Crippen molar-refractivity contribution in [3.05, 3.63) is 62.9 Å². The van der Waals surface area contributed by atoms with Gasteiger partial charge in [0, 0.05) is 23.2 Å². The molecule has 0 aromatic heterocycles. The maximum absolute atomic E-state index is 14.0. The minimum absolute atomic E-state index is 0.0360. The lowest BCUT2D eigenvalue weighted by Crippen LogP contribution is -2.28. The summed E-state index contributed by atoms with van der Waals surface area (Å²) in [6.45, 7) is 1.33. The van der Waals surface area contributed by atoms with E-state index in [1.165, 1.54) is 24.3 Å². The molecule has 2 N–H and O–H groups in total. The minimum atomic E-state index is -4.63. The van der Waals surface area contributed by atoms with Gasteiger partial charge >= 0.3 is 6.18 Å². The highest BCUT2D eigenvalue weighted by atomic mass is 35.5. The molecule has 2 atom stereocenters. The molecule has 33 heavy (non-hydrogen) atoms. The quantitative estimate of drug-likeness (QED) is 0.320. The largest absolute Gasteiger partial charge is 0.397 e. The van der Waals surface area contributed by atoms with Crippen LogP contribution in [0.3, 0.4) is 0 Å². The van der Waals surface area contributed by atoms with Gasteiger partial charge in [-0.1, -0.05) is 29.3 Å². The number of nitrogens with one attached hydrogen (secondary N) is 2. The second kappa shape index (κ2) is 9.49. The highest BCUT2D eigenvalue weighted by Crippen LogP contribution is 2.65. The molecule has 1 aliphatic rings. The average Bonchev–Trinajstić information content (AvgIpc) is 3.27. The molecule has 4 nitrogen and oxygen atoms in total. The molecule has 2 amide bonds. The van der Waals surface area contributed by atoms with Crippen LogP contribution in [0.5, 0.6) is 0 Å². The topological polar surface area (TPSA) is 58.2 Å². The molecule has 12 heteroatoms. The van der Waals surface area contributed by atoms with E-state index >= 15 is 0 Å². The number of amides is 2. The van der Waals surface area contributed by atoms with Gasteiger partial charge in [-0.05, 0) is 47.9 Å². The maximum Gasteiger partial charge on any atom is 0.397 e. The van der Waals surface area contributed by atoms with Gasteiger partial charge in [0.05, 0.1) is 10.9 Å². The molecular weight excluding hydrogens is 530 g/mol. The number of carbonyl (C=O) groups is 2. The van der Waals surface area contributed by atoms with E-state index in [1.807, 2.05) is 0 Å². The van der Waals surface area contributed by atoms with E-state index in [0.29, 0.717) is 11.1 Å². The third-order valence-electron chi connectivity index (χ3n) is 5.08. The zero-order valence-corrected chi connectivity index (χ0v) is 19.8. The molecule has 178 valence electrons. The molecule has 2 aromatic rings.